The molecule has 0 bridgehead atoms. The third-order valence-electron chi connectivity index (χ3n) is 5.71. The molecule has 0 aliphatic heterocycles. The van der Waals surface area contributed by atoms with Crippen LogP contribution >= 0.6 is 7.26 Å². The van der Waals surface area contributed by atoms with Crippen molar-refractivity contribution in [2.75, 3.05) is 6.16 Å². The van der Waals surface area contributed by atoms with E-state index in [4.69, 9.17) is 0 Å². The van der Waals surface area contributed by atoms with Crippen molar-refractivity contribution in [3.8, 4) is 0 Å². The van der Waals surface area contributed by atoms with E-state index < -0.39 is 7.26 Å². The Balaban J connectivity index is 1.94. The molecule has 0 saturated heterocycles. The standard InChI is InChI=1S/C27H25O2P/c28-20-22-12-10-11-19-26(22)27(29)21-30(23-13-4-1-5-14-23,24-15-6-2-7-16-24)25-17-8-3-9-18-25/h1-19,28,30H,20-21H2. The molecule has 0 radical (unpaired) electrons. The molecule has 0 saturated carbocycles. The van der Waals surface area contributed by atoms with Crippen LogP contribution in [-0.4, -0.2) is 17.1 Å². The molecule has 150 valence electrons. The summed E-state index contributed by atoms with van der Waals surface area (Å²) in [5.41, 5.74) is 1.29. The fraction of sp³-hybridized carbons (Fsp3) is 0.0741. The summed E-state index contributed by atoms with van der Waals surface area (Å²) in [6.07, 6.45) is 0.405. The maximum atomic E-state index is 13.7. The molecule has 0 aliphatic carbocycles. The van der Waals surface area contributed by atoms with Gasteiger partial charge in [-0.1, -0.05) is 0 Å². The molecule has 30 heavy (non-hydrogen) atoms. The van der Waals surface area contributed by atoms with Crippen LogP contribution in [0.25, 0.3) is 0 Å². The molecule has 0 amide bonds. The van der Waals surface area contributed by atoms with Crippen LogP contribution < -0.4 is 15.9 Å². The summed E-state index contributed by atoms with van der Waals surface area (Å²) in [5, 5.41) is 13.4. The molecular weight excluding hydrogens is 387 g/mol. The number of hydrogen-bond donors (Lipinski definition) is 1. The van der Waals surface area contributed by atoms with E-state index in [0.29, 0.717) is 17.3 Å². The Morgan fingerprint density at radius 1 is 0.600 bits per heavy atom. The van der Waals surface area contributed by atoms with Gasteiger partial charge in [0.05, 0.1) is 0 Å². The molecule has 0 heterocycles. The molecule has 0 spiro atoms. The number of carbonyl (C=O) groups excluding carboxylic acids is 1. The third-order valence-corrected chi connectivity index (χ3v) is 10.5. The van der Waals surface area contributed by atoms with Crippen molar-refractivity contribution in [3.63, 3.8) is 0 Å². The maximum absolute atomic E-state index is 13.7. The van der Waals surface area contributed by atoms with Gasteiger partial charge in [0.2, 0.25) is 0 Å². The van der Waals surface area contributed by atoms with Crippen LogP contribution in [0.2, 0.25) is 0 Å². The fourth-order valence-electron chi connectivity index (χ4n) is 4.24. The van der Waals surface area contributed by atoms with Gasteiger partial charge in [0.25, 0.3) is 0 Å². The minimum absolute atomic E-state index is 0.0721. The molecule has 0 fully saturated rings. The molecular formula is C27H25O2P. The molecule has 2 nitrogen and oxygen atoms in total. The third kappa shape index (κ3) is 3.85. The van der Waals surface area contributed by atoms with Crippen molar-refractivity contribution in [2.24, 2.45) is 0 Å². The first-order chi connectivity index (χ1) is 14.8. The first kappa shape index (κ1) is 20.2. The summed E-state index contributed by atoms with van der Waals surface area (Å²) >= 11 is 0. The topological polar surface area (TPSA) is 37.3 Å². The van der Waals surface area contributed by atoms with Gasteiger partial charge in [0.1, 0.15) is 0 Å². The number of benzene rings is 4. The average Bonchev–Trinajstić information content (AvgIpc) is 2.84. The van der Waals surface area contributed by atoms with E-state index in [0.717, 1.165) is 0 Å². The van der Waals surface area contributed by atoms with Crippen LogP contribution in [0, 0.1) is 0 Å². The Labute approximate surface area is 178 Å². The van der Waals surface area contributed by atoms with Crippen molar-refractivity contribution >= 4 is 29.0 Å². The van der Waals surface area contributed by atoms with Gasteiger partial charge in [-0.2, -0.15) is 0 Å². The predicted molar refractivity (Wildman–Crippen MR) is 128 cm³/mol. The summed E-state index contributed by atoms with van der Waals surface area (Å²) in [5.74, 6) is 0.0721. The Kier molecular flexibility index (Phi) is 6.18. The van der Waals surface area contributed by atoms with E-state index >= 15 is 0 Å². The van der Waals surface area contributed by atoms with E-state index in [1.54, 1.807) is 0 Å². The fourth-order valence-corrected chi connectivity index (χ4v) is 8.81. The Bertz CT molecular complexity index is 1010. The second-order valence-corrected chi connectivity index (χ2v) is 11.3. The number of carbonyl (C=O) groups is 1. The number of ketones is 1. The van der Waals surface area contributed by atoms with Crippen LogP contribution in [-0.2, 0) is 6.61 Å². The van der Waals surface area contributed by atoms with Gasteiger partial charge in [-0.3, -0.25) is 0 Å². The van der Waals surface area contributed by atoms with Crippen LogP contribution in [0.3, 0.4) is 0 Å². The zero-order valence-corrected chi connectivity index (χ0v) is 17.7. The van der Waals surface area contributed by atoms with Gasteiger partial charge in [-0.15, -0.1) is 0 Å². The van der Waals surface area contributed by atoms with E-state index in [1.165, 1.54) is 15.9 Å². The van der Waals surface area contributed by atoms with E-state index in [1.807, 2.05) is 42.5 Å². The molecule has 3 heteroatoms. The first-order valence-electron chi connectivity index (χ1n) is 10.1. The molecule has 1 N–H and O–H groups in total. The summed E-state index contributed by atoms with van der Waals surface area (Å²) in [6.45, 7) is -0.140. The van der Waals surface area contributed by atoms with Crippen LogP contribution in [0.4, 0.5) is 0 Å². The summed E-state index contributed by atoms with van der Waals surface area (Å²) in [4.78, 5) is 13.7. The average molecular weight is 412 g/mol. The monoisotopic (exact) mass is 412 g/mol. The second-order valence-electron chi connectivity index (χ2n) is 7.42. The van der Waals surface area contributed by atoms with Crippen LogP contribution in [0.1, 0.15) is 15.9 Å². The summed E-state index contributed by atoms with van der Waals surface area (Å²) < 4.78 is 0. The van der Waals surface area contributed by atoms with E-state index in [9.17, 15) is 9.90 Å². The minimum atomic E-state index is -2.64. The van der Waals surface area contributed by atoms with Crippen molar-refractivity contribution in [1.82, 2.24) is 0 Å². The Morgan fingerprint density at radius 3 is 1.43 bits per heavy atom. The van der Waals surface area contributed by atoms with Gasteiger partial charge in [-0.25, -0.2) is 0 Å². The predicted octanol–water partition coefficient (Wildman–Crippen LogP) is 4.09. The molecule has 4 aromatic carbocycles. The normalized spacial score (nSPS) is 11.8. The molecule has 0 atom stereocenters. The van der Waals surface area contributed by atoms with Crippen LogP contribution in [0.15, 0.2) is 115 Å². The van der Waals surface area contributed by atoms with Crippen molar-refractivity contribution < 1.29 is 9.90 Å². The zero-order valence-electron chi connectivity index (χ0n) is 16.7. The zero-order chi connectivity index (χ0) is 20.8. The van der Waals surface area contributed by atoms with Crippen molar-refractivity contribution in [3.05, 3.63) is 126 Å². The SMILES string of the molecule is O=C(C[PH](c1ccccc1)(c1ccccc1)c1ccccc1)c1ccccc1CO. The quantitative estimate of drug-likeness (QED) is 0.367. The number of Topliss-reactive ketones (excluding diaryl/α,β-unsaturated/α-hetero) is 1. The van der Waals surface area contributed by atoms with Crippen molar-refractivity contribution in [1.29, 1.82) is 0 Å². The molecule has 0 aliphatic rings. The van der Waals surface area contributed by atoms with Gasteiger partial charge in [0.15, 0.2) is 0 Å². The van der Waals surface area contributed by atoms with Gasteiger partial charge >= 0.3 is 178 Å². The number of aliphatic hydroxyl groups excluding tert-OH is 1. The molecule has 0 aromatic heterocycles. The number of aliphatic hydroxyl groups is 1. The number of hydrogen-bond acceptors (Lipinski definition) is 2. The molecule has 0 unspecified atom stereocenters. The molecule has 4 aromatic rings. The molecule has 4 rings (SSSR count). The van der Waals surface area contributed by atoms with Crippen molar-refractivity contribution in [2.45, 2.75) is 6.61 Å². The van der Waals surface area contributed by atoms with E-state index in [2.05, 4.69) is 72.8 Å². The van der Waals surface area contributed by atoms with Gasteiger partial charge in [-0.05, 0) is 0 Å². The number of rotatable bonds is 7. The van der Waals surface area contributed by atoms with Gasteiger partial charge in [0, 0.05) is 0 Å². The van der Waals surface area contributed by atoms with Crippen LogP contribution in [0.5, 0.6) is 0 Å². The Hall–Kier alpha value is -3.06. The van der Waals surface area contributed by atoms with Gasteiger partial charge < -0.3 is 0 Å². The second kappa shape index (κ2) is 9.17. The first-order valence-corrected chi connectivity index (χ1v) is 12.3. The Morgan fingerprint density at radius 2 is 1.00 bits per heavy atom. The summed E-state index contributed by atoms with van der Waals surface area (Å²) in [7, 11) is -2.64. The van der Waals surface area contributed by atoms with E-state index in [-0.39, 0.29) is 12.4 Å². The summed E-state index contributed by atoms with van der Waals surface area (Å²) in [6, 6.07) is 38.6.